The Morgan fingerprint density at radius 2 is 1.95 bits per heavy atom. The SMILES string of the molecule is N/C(=N/O)c1ccc(OCCC2CC2)c2ccccc12. The van der Waals surface area contributed by atoms with Crippen molar-refractivity contribution in [1.82, 2.24) is 0 Å². The van der Waals surface area contributed by atoms with Gasteiger partial charge in [0.05, 0.1) is 6.61 Å². The van der Waals surface area contributed by atoms with Crippen LogP contribution in [0.4, 0.5) is 0 Å². The average molecular weight is 270 g/mol. The van der Waals surface area contributed by atoms with E-state index in [1.54, 1.807) is 0 Å². The molecular weight excluding hydrogens is 252 g/mol. The van der Waals surface area contributed by atoms with Crippen molar-refractivity contribution in [3.63, 3.8) is 0 Å². The predicted molar refractivity (Wildman–Crippen MR) is 79.3 cm³/mol. The molecule has 2 aromatic carbocycles. The van der Waals surface area contributed by atoms with Crippen LogP contribution in [0.5, 0.6) is 5.75 Å². The second-order valence-electron chi connectivity index (χ2n) is 5.22. The van der Waals surface area contributed by atoms with Crippen molar-refractivity contribution in [2.24, 2.45) is 16.8 Å². The first kappa shape index (κ1) is 12.8. The number of nitrogens with two attached hydrogens (primary N) is 1. The minimum absolute atomic E-state index is 0.116. The molecule has 104 valence electrons. The average Bonchev–Trinajstić information content (AvgIpc) is 3.31. The number of hydrogen-bond acceptors (Lipinski definition) is 3. The van der Waals surface area contributed by atoms with Gasteiger partial charge >= 0.3 is 0 Å². The second-order valence-corrected chi connectivity index (χ2v) is 5.22. The highest BCUT2D eigenvalue weighted by molar-refractivity contribution is 6.10. The molecule has 1 aliphatic rings. The molecule has 4 nitrogen and oxygen atoms in total. The Morgan fingerprint density at radius 3 is 2.65 bits per heavy atom. The van der Waals surface area contributed by atoms with E-state index >= 15 is 0 Å². The summed E-state index contributed by atoms with van der Waals surface area (Å²) in [5, 5.41) is 13.9. The van der Waals surface area contributed by atoms with Gasteiger partial charge in [0.15, 0.2) is 5.84 Å². The summed E-state index contributed by atoms with van der Waals surface area (Å²) in [7, 11) is 0. The summed E-state index contributed by atoms with van der Waals surface area (Å²) in [6.45, 7) is 0.748. The number of nitrogens with zero attached hydrogens (tertiary/aromatic N) is 1. The van der Waals surface area contributed by atoms with E-state index in [9.17, 15) is 0 Å². The quantitative estimate of drug-likeness (QED) is 0.379. The van der Waals surface area contributed by atoms with Crippen LogP contribution in [0, 0.1) is 5.92 Å². The van der Waals surface area contributed by atoms with Crippen LogP contribution in [0.25, 0.3) is 10.8 Å². The Balaban J connectivity index is 1.92. The summed E-state index contributed by atoms with van der Waals surface area (Å²) in [5.74, 6) is 1.83. The summed E-state index contributed by atoms with van der Waals surface area (Å²) < 4.78 is 5.90. The van der Waals surface area contributed by atoms with Crippen LogP contribution >= 0.6 is 0 Å². The lowest BCUT2D eigenvalue weighted by Gasteiger charge is -2.11. The molecule has 0 amide bonds. The van der Waals surface area contributed by atoms with Gasteiger partial charge in [-0.3, -0.25) is 0 Å². The third-order valence-electron chi connectivity index (χ3n) is 3.75. The first-order chi connectivity index (χ1) is 9.79. The Bertz CT molecular complexity index is 648. The van der Waals surface area contributed by atoms with E-state index in [2.05, 4.69) is 5.16 Å². The molecule has 2 aromatic rings. The van der Waals surface area contributed by atoms with Crippen LogP contribution < -0.4 is 10.5 Å². The van der Waals surface area contributed by atoms with Crippen LogP contribution in [0.15, 0.2) is 41.6 Å². The van der Waals surface area contributed by atoms with Crippen LogP contribution in [-0.2, 0) is 0 Å². The maximum atomic E-state index is 8.86. The molecule has 0 aliphatic heterocycles. The van der Waals surface area contributed by atoms with Crippen LogP contribution in [0.1, 0.15) is 24.8 Å². The number of fused-ring (bicyclic) bond motifs is 1. The van der Waals surface area contributed by atoms with Gasteiger partial charge in [-0.25, -0.2) is 0 Å². The molecule has 0 heterocycles. The molecule has 0 radical (unpaired) electrons. The Kier molecular flexibility index (Phi) is 3.46. The molecule has 0 bridgehead atoms. The van der Waals surface area contributed by atoms with Crippen LogP contribution in [0.3, 0.4) is 0 Å². The third-order valence-corrected chi connectivity index (χ3v) is 3.75. The topological polar surface area (TPSA) is 67.8 Å². The number of amidine groups is 1. The number of oxime groups is 1. The zero-order valence-corrected chi connectivity index (χ0v) is 11.2. The van der Waals surface area contributed by atoms with Gasteiger partial charge in [0.1, 0.15) is 5.75 Å². The molecule has 4 heteroatoms. The Morgan fingerprint density at radius 1 is 1.20 bits per heavy atom. The van der Waals surface area contributed by atoms with Gasteiger partial charge in [-0.2, -0.15) is 0 Å². The van der Waals surface area contributed by atoms with E-state index < -0.39 is 0 Å². The van der Waals surface area contributed by atoms with Crippen LogP contribution in [0.2, 0.25) is 0 Å². The summed E-state index contributed by atoms with van der Waals surface area (Å²) in [6, 6.07) is 11.6. The highest BCUT2D eigenvalue weighted by Crippen LogP contribution is 2.33. The van der Waals surface area contributed by atoms with Crippen LogP contribution in [-0.4, -0.2) is 17.6 Å². The molecular formula is C16H18N2O2. The lowest BCUT2D eigenvalue weighted by atomic mass is 10.0. The summed E-state index contributed by atoms with van der Waals surface area (Å²) >= 11 is 0. The van der Waals surface area contributed by atoms with Gasteiger partial charge in [-0.15, -0.1) is 0 Å². The lowest BCUT2D eigenvalue weighted by Crippen LogP contribution is -2.13. The highest BCUT2D eigenvalue weighted by Gasteiger charge is 2.21. The smallest absolute Gasteiger partial charge is 0.170 e. The zero-order chi connectivity index (χ0) is 13.9. The largest absolute Gasteiger partial charge is 0.493 e. The maximum absolute atomic E-state index is 8.86. The van der Waals surface area contributed by atoms with Crippen molar-refractivity contribution in [1.29, 1.82) is 0 Å². The molecule has 0 spiro atoms. The van der Waals surface area contributed by atoms with Crippen molar-refractivity contribution in [2.45, 2.75) is 19.3 Å². The molecule has 20 heavy (non-hydrogen) atoms. The van der Waals surface area contributed by atoms with Gasteiger partial charge in [0.2, 0.25) is 0 Å². The number of benzene rings is 2. The maximum Gasteiger partial charge on any atom is 0.170 e. The predicted octanol–water partition coefficient (Wildman–Crippen LogP) is 3.11. The fraction of sp³-hybridized carbons (Fsp3) is 0.312. The van der Waals surface area contributed by atoms with E-state index in [1.165, 1.54) is 12.8 Å². The molecule has 0 aromatic heterocycles. The summed E-state index contributed by atoms with van der Waals surface area (Å²) in [6.07, 6.45) is 3.80. The molecule has 0 unspecified atom stereocenters. The van der Waals surface area contributed by atoms with Crippen molar-refractivity contribution < 1.29 is 9.94 Å². The van der Waals surface area contributed by atoms with E-state index in [0.717, 1.165) is 41.0 Å². The molecule has 3 N–H and O–H groups in total. The van der Waals surface area contributed by atoms with Crippen molar-refractivity contribution >= 4 is 16.6 Å². The molecule has 1 aliphatic carbocycles. The highest BCUT2D eigenvalue weighted by atomic mass is 16.5. The van der Waals surface area contributed by atoms with Crippen molar-refractivity contribution in [3.05, 3.63) is 42.0 Å². The second kappa shape index (κ2) is 5.41. The van der Waals surface area contributed by atoms with Gasteiger partial charge < -0.3 is 15.7 Å². The first-order valence-corrected chi connectivity index (χ1v) is 6.92. The minimum atomic E-state index is 0.116. The number of ether oxygens (including phenoxy) is 1. The Hall–Kier alpha value is -2.23. The molecule has 0 saturated heterocycles. The summed E-state index contributed by atoms with van der Waals surface area (Å²) in [5.41, 5.74) is 6.44. The lowest BCUT2D eigenvalue weighted by molar-refractivity contribution is 0.306. The fourth-order valence-corrected chi connectivity index (χ4v) is 2.42. The summed E-state index contributed by atoms with van der Waals surface area (Å²) in [4.78, 5) is 0. The van der Waals surface area contributed by atoms with Crippen molar-refractivity contribution in [2.75, 3.05) is 6.61 Å². The first-order valence-electron chi connectivity index (χ1n) is 6.92. The minimum Gasteiger partial charge on any atom is -0.493 e. The molecule has 3 rings (SSSR count). The normalized spacial score (nSPS) is 15.5. The molecule has 0 atom stereocenters. The van der Waals surface area contributed by atoms with Gasteiger partial charge in [0, 0.05) is 10.9 Å². The van der Waals surface area contributed by atoms with Gasteiger partial charge in [-0.1, -0.05) is 42.3 Å². The monoisotopic (exact) mass is 270 g/mol. The van der Waals surface area contributed by atoms with Crippen molar-refractivity contribution in [3.8, 4) is 5.75 Å². The zero-order valence-electron chi connectivity index (χ0n) is 11.2. The Labute approximate surface area is 117 Å². The standard InChI is InChI=1S/C16H18N2O2/c17-16(18-19)14-7-8-15(20-10-9-11-5-6-11)13-4-2-1-3-12(13)14/h1-4,7-8,11,19H,5-6,9-10H2,(H2,17,18). The number of hydrogen-bond donors (Lipinski definition) is 2. The van der Waals surface area contributed by atoms with E-state index in [4.69, 9.17) is 15.7 Å². The van der Waals surface area contributed by atoms with E-state index in [-0.39, 0.29) is 5.84 Å². The van der Waals surface area contributed by atoms with Gasteiger partial charge in [-0.05, 0) is 29.9 Å². The third kappa shape index (κ3) is 2.54. The van der Waals surface area contributed by atoms with E-state index in [1.807, 2.05) is 36.4 Å². The molecule has 1 fully saturated rings. The van der Waals surface area contributed by atoms with E-state index in [0.29, 0.717) is 0 Å². The molecule has 1 saturated carbocycles. The van der Waals surface area contributed by atoms with Gasteiger partial charge in [0.25, 0.3) is 0 Å². The fourth-order valence-electron chi connectivity index (χ4n) is 2.42. The number of rotatable bonds is 5.